The SMILES string of the molecule is Cc1ccc(NC(=O)[C@@H]2CCCC(C(F)(F)F)O2)cc1-c1ncc2cccn2n1. The van der Waals surface area contributed by atoms with Crippen LogP contribution >= 0.6 is 0 Å². The predicted octanol–water partition coefficient (Wildman–Crippen LogP) is 4.14. The largest absolute Gasteiger partial charge is 0.414 e. The molecule has 4 rings (SSSR count). The molecular weight excluding hydrogens is 385 g/mol. The number of aryl methyl sites for hydroxylation is 1. The van der Waals surface area contributed by atoms with Gasteiger partial charge in [0.2, 0.25) is 0 Å². The van der Waals surface area contributed by atoms with Crippen molar-refractivity contribution in [3.8, 4) is 11.4 Å². The second kappa shape index (κ2) is 7.47. The summed E-state index contributed by atoms with van der Waals surface area (Å²) in [6.07, 6.45) is -3.59. The van der Waals surface area contributed by atoms with Crippen molar-refractivity contribution >= 4 is 17.1 Å². The van der Waals surface area contributed by atoms with Crippen molar-refractivity contribution in [1.82, 2.24) is 14.6 Å². The molecule has 1 saturated heterocycles. The van der Waals surface area contributed by atoms with Crippen LogP contribution < -0.4 is 5.32 Å². The van der Waals surface area contributed by atoms with Crippen LogP contribution in [0.4, 0.5) is 18.9 Å². The minimum absolute atomic E-state index is 0.124. The number of rotatable bonds is 3. The standard InChI is InChI=1S/C20H19F3N4O2/c1-12-7-8-13(10-15(12)18-24-11-14-4-3-9-27(14)26-18)25-19(28)16-5-2-6-17(29-16)20(21,22)23/h3-4,7-11,16-17H,2,5-6H2,1H3,(H,25,28)/t16-,17?/m0/s1. The summed E-state index contributed by atoms with van der Waals surface area (Å²) >= 11 is 0. The molecule has 1 aliphatic rings. The highest BCUT2D eigenvalue weighted by atomic mass is 19.4. The Hall–Kier alpha value is -2.94. The average molecular weight is 404 g/mol. The van der Waals surface area contributed by atoms with Gasteiger partial charge in [0.05, 0.1) is 11.7 Å². The summed E-state index contributed by atoms with van der Waals surface area (Å²) in [5.41, 5.74) is 2.92. The summed E-state index contributed by atoms with van der Waals surface area (Å²) in [6, 6.07) is 8.94. The number of carbonyl (C=O) groups excluding carboxylic acids is 1. The first-order chi connectivity index (χ1) is 13.8. The van der Waals surface area contributed by atoms with Crippen LogP contribution in [0.15, 0.2) is 42.7 Å². The third-order valence-electron chi connectivity index (χ3n) is 4.95. The number of nitrogens with one attached hydrogen (secondary N) is 1. The smallest absolute Gasteiger partial charge is 0.356 e. The summed E-state index contributed by atoms with van der Waals surface area (Å²) in [5.74, 6) is -0.108. The maximum atomic E-state index is 12.9. The fourth-order valence-corrected chi connectivity index (χ4v) is 3.38. The number of aromatic nitrogens is 3. The first-order valence-corrected chi connectivity index (χ1v) is 9.26. The van der Waals surface area contributed by atoms with Crippen LogP contribution in [0.2, 0.25) is 0 Å². The summed E-state index contributed by atoms with van der Waals surface area (Å²) < 4.78 is 45.4. The van der Waals surface area contributed by atoms with Crippen molar-refractivity contribution in [2.45, 2.75) is 44.6 Å². The number of halogens is 3. The molecule has 0 saturated carbocycles. The van der Waals surface area contributed by atoms with Gasteiger partial charge in [-0.25, -0.2) is 9.50 Å². The monoisotopic (exact) mass is 404 g/mol. The van der Waals surface area contributed by atoms with Gasteiger partial charge in [0, 0.05) is 17.4 Å². The fraction of sp³-hybridized carbons (Fsp3) is 0.350. The number of alkyl halides is 3. The lowest BCUT2D eigenvalue weighted by Crippen LogP contribution is -2.43. The molecule has 0 bridgehead atoms. The molecule has 1 amide bonds. The summed E-state index contributed by atoms with van der Waals surface area (Å²) in [5, 5.41) is 7.12. The Morgan fingerprint density at radius 1 is 1.28 bits per heavy atom. The number of amides is 1. The first-order valence-electron chi connectivity index (χ1n) is 9.26. The lowest BCUT2D eigenvalue weighted by molar-refractivity contribution is -0.242. The van der Waals surface area contributed by atoms with E-state index in [-0.39, 0.29) is 19.3 Å². The molecule has 3 aromatic rings. The fourth-order valence-electron chi connectivity index (χ4n) is 3.38. The van der Waals surface area contributed by atoms with Crippen molar-refractivity contribution in [2.24, 2.45) is 0 Å². The highest BCUT2D eigenvalue weighted by Crippen LogP contribution is 2.32. The lowest BCUT2D eigenvalue weighted by Gasteiger charge is -2.30. The Bertz CT molecular complexity index is 1050. The molecule has 1 N–H and O–H groups in total. The average Bonchev–Trinajstić information content (AvgIpc) is 3.16. The van der Waals surface area contributed by atoms with Crippen molar-refractivity contribution in [3.05, 3.63) is 48.3 Å². The van der Waals surface area contributed by atoms with E-state index < -0.39 is 24.3 Å². The molecule has 0 spiro atoms. The summed E-state index contributed by atoms with van der Waals surface area (Å²) in [7, 11) is 0. The van der Waals surface area contributed by atoms with Crippen molar-refractivity contribution in [2.75, 3.05) is 5.32 Å². The van der Waals surface area contributed by atoms with Gasteiger partial charge >= 0.3 is 6.18 Å². The Kier molecular flexibility index (Phi) is 4.99. The molecule has 152 valence electrons. The Morgan fingerprint density at radius 2 is 2.10 bits per heavy atom. The molecule has 0 aliphatic carbocycles. The van der Waals surface area contributed by atoms with Crippen molar-refractivity contribution in [3.63, 3.8) is 0 Å². The molecule has 1 aliphatic heterocycles. The van der Waals surface area contributed by atoms with Gasteiger partial charge in [0.25, 0.3) is 5.91 Å². The molecule has 1 unspecified atom stereocenters. The second-order valence-corrected chi connectivity index (χ2v) is 7.06. The molecule has 29 heavy (non-hydrogen) atoms. The van der Waals surface area contributed by atoms with Crippen LogP contribution in [0.5, 0.6) is 0 Å². The highest BCUT2D eigenvalue weighted by molar-refractivity contribution is 5.94. The van der Waals surface area contributed by atoms with Crippen molar-refractivity contribution in [1.29, 1.82) is 0 Å². The molecule has 2 aromatic heterocycles. The molecule has 3 heterocycles. The number of benzene rings is 1. The number of anilines is 1. The molecule has 9 heteroatoms. The highest BCUT2D eigenvalue weighted by Gasteiger charge is 2.44. The van der Waals surface area contributed by atoms with E-state index in [1.165, 1.54) is 0 Å². The van der Waals surface area contributed by atoms with E-state index in [1.807, 2.05) is 19.1 Å². The van der Waals surface area contributed by atoms with Crippen LogP contribution in [0.25, 0.3) is 16.9 Å². The Morgan fingerprint density at radius 3 is 2.90 bits per heavy atom. The van der Waals surface area contributed by atoms with E-state index in [0.717, 1.165) is 16.6 Å². The van der Waals surface area contributed by atoms with Crippen LogP contribution in [0.1, 0.15) is 24.8 Å². The zero-order chi connectivity index (χ0) is 20.6. The van der Waals surface area contributed by atoms with Crippen LogP contribution in [-0.2, 0) is 9.53 Å². The number of ether oxygens (including phenoxy) is 1. The van der Waals surface area contributed by atoms with Crippen molar-refractivity contribution < 1.29 is 22.7 Å². The zero-order valence-corrected chi connectivity index (χ0v) is 15.6. The van der Waals surface area contributed by atoms with E-state index in [2.05, 4.69) is 15.4 Å². The van der Waals surface area contributed by atoms with E-state index >= 15 is 0 Å². The lowest BCUT2D eigenvalue weighted by atomic mass is 10.0. The summed E-state index contributed by atoms with van der Waals surface area (Å²) in [4.78, 5) is 16.8. The predicted molar refractivity (Wildman–Crippen MR) is 100 cm³/mol. The van der Waals surface area contributed by atoms with E-state index in [4.69, 9.17) is 4.74 Å². The minimum Gasteiger partial charge on any atom is -0.356 e. The molecule has 6 nitrogen and oxygen atoms in total. The van der Waals surface area contributed by atoms with Crippen LogP contribution in [0, 0.1) is 6.92 Å². The van der Waals surface area contributed by atoms with E-state index in [0.29, 0.717) is 11.5 Å². The number of carbonyl (C=O) groups is 1. The van der Waals surface area contributed by atoms with Gasteiger partial charge < -0.3 is 10.1 Å². The number of hydrogen-bond donors (Lipinski definition) is 1. The third kappa shape index (κ3) is 4.09. The topological polar surface area (TPSA) is 68.5 Å². The van der Waals surface area contributed by atoms with Gasteiger partial charge in [0.15, 0.2) is 11.9 Å². The minimum atomic E-state index is -4.47. The first kappa shape index (κ1) is 19.4. The molecule has 1 fully saturated rings. The number of fused-ring (bicyclic) bond motifs is 1. The van der Waals surface area contributed by atoms with Crippen LogP contribution in [-0.4, -0.2) is 38.9 Å². The molecule has 1 aromatic carbocycles. The molecule has 2 atom stereocenters. The second-order valence-electron chi connectivity index (χ2n) is 7.06. The van der Waals surface area contributed by atoms with Gasteiger partial charge in [-0.15, -0.1) is 5.10 Å². The zero-order valence-electron chi connectivity index (χ0n) is 15.6. The maximum absolute atomic E-state index is 12.9. The van der Waals surface area contributed by atoms with Gasteiger partial charge in [0.1, 0.15) is 6.10 Å². The Labute approximate surface area is 164 Å². The third-order valence-corrected chi connectivity index (χ3v) is 4.95. The van der Waals surface area contributed by atoms with Gasteiger partial charge in [-0.3, -0.25) is 4.79 Å². The quantitative estimate of drug-likeness (QED) is 0.712. The normalized spacial score (nSPS) is 20.0. The van der Waals surface area contributed by atoms with E-state index in [1.54, 1.807) is 35.1 Å². The number of hydrogen-bond acceptors (Lipinski definition) is 4. The van der Waals surface area contributed by atoms with E-state index in [9.17, 15) is 18.0 Å². The maximum Gasteiger partial charge on any atom is 0.414 e. The van der Waals surface area contributed by atoms with Gasteiger partial charge in [-0.2, -0.15) is 13.2 Å². The molecular formula is C20H19F3N4O2. The number of nitrogens with zero attached hydrogens (tertiary/aromatic N) is 3. The van der Waals surface area contributed by atoms with Gasteiger partial charge in [-0.1, -0.05) is 6.07 Å². The van der Waals surface area contributed by atoms with Crippen LogP contribution in [0.3, 0.4) is 0 Å². The van der Waals surface area contributed by atoms with Gasteiger partial charge in [-0.05, 0) is 56.0 Å². The molecule has 0 radical (unpaired) electrons. The Balaban J connectivity index is 1.53. The summed E-state index contributed by atoms with van der Waals surface area (Å²) in [6.45, 7) is 1.89.